The molecule has 43 valence electrons. The van der Waals surface area contributed by atoms with Crippen LogP contribution >= 0.6 is 0 Å². The van der Waals surface area contributed by atoms with Gasteiger partial charge in [-0.25, -0.2) is 8.78 Å². The maximum atomic E-state index is 12.0. The lowest BCUT2D eigenvalue weighted by Crippen LogP contribution is -2.04. The number of rotatable bonds is 0. The third kappa shape index (κ3) is 0.941. The van der Waals surface area contributed by atoms with Gasteiger partial charge in [0.1, 0.15) is 0 Å². The molecule has 0 aromatic heterocycles. The van der Waals surface area contributed by atoms with E-state index in [4.69, 9.17) is 0 Å². The number of hydrogen-bond acceptors (Lipinski definition) is 0. The minimum Gasteiger partial charge on any atom is -0.239 e. The van der Waals surface area contributed by atoms with Crippen LogP contribution < -0.4 is 0 Å². The molecular formula is C6H5F2. The lowest BCUT2D eigenvalue weighted by Gasteiger charge is -2.04. The Kier molecular flexibility index (Phi) is 1.42. The zero-order valence-electron chi connectivity index (χ0n) is 4.14. The molecule has 0 saturated heterocycles. The van der Waals surface area contributed by atoms with Crippen molar-refractivity contribution in [3.05, 3.63) is 30.5 Å². The van der Waals surface area contributed by atoms with E-state index in [1.54, 1.807) is 0 Å². The molecule has 0 heterocycles. The van der Waals surface area contributed by atoms with Crippen molar-refractivity contribution in [1.82, 2.24) is 0 Å². The van der Waals surface area contributed by atoms with Crippen LogP contribution in [0.4, 0.5) is 8.78 Å². The monoisotopic (exact) mass is 115 g/mol. The summed E-state index contributed by atoms with van der Waals surface area (Å²) in [4.78, 5) is 0. The first-order valence-electron chi connectivity index (χ1n) is 2.32. The maximum absolute atomic E-state index is 12.0. The van der Waals surface area contributed by atoms with Gasteiger partial charge in [0.15, 0.2) is 6.17 Å². The van der Waals surface area contributed by atoms with Crippen LogP contribution in [0.25, 0.3) is 0 Å². The molecule has 1 radical (unpaired) electrons. The highest BCUT2D eigenvalue weighted by molar-refractivity contribution is 5.24. The molecule has 1 aliphatic rings. The second kappa shape index (κ2) is 2.07. The van der Waals surface area contributed by atoms with Gasteiger partial charge in [-0.05, 0) is 12.2 Å². The van der Waals surface area contributed by atoms with E-state index in [9.17, 15) is 8.78 Å². The Morgan fingerprint density at radius 3 is 2.50 bits per heavy atom. The van der Waals surface area contributed by atoms with Crippen molar-refractivity contribution >= 4 is 0 Å². The molecule has 8 heavy (non-hydrogen) atoms. The van der Waals surface area contributed by atoms with Crippen molar-refractivity contribution in [1.29, 1.82) is 0 Å². The lowest BCUT2D eigenvalue weighted by molar-refractivity contribution is 0.331. The molecule has 1 atom stereocenters. The number of hydrogen-bond donors (Lipinski definition) is 0. The molecule has 0 spiro atoms. The van der Waals surface area contributed by atoms with Crippen LogP contribution in [0.15, 0.2) is 24.3 Å². The van der Waals surface area contributed by atoms with Gasteiger partial charge in [-0.3, -0.25) is 0 Å². The molecule has 1 unspecified atom stereocenters. The predicted octanol–water partition coefficient (Wildman–Crippen LogP) is 1.95. The standard InChI is InChI=1S/C6H5F2/c7-5-3-1-2-4-6(5)8/h1-5H. The smallest absolute Gasteiger partial charge is 0.204 e. The molecular weight excluding hydrogens is 110 g/mol. The van der Waals surface area contributed by atoms with E-state index in [1.807, 2.05) is 0 Å². The minimum atomic E-state index is -1.51. The average molecular weight is 115 g/mol. The average Bonchev–Trinajstić information content (AvgIpc) is 1.77. The Morgan fingerprint density at radius 1 is 1.38 bits per heavy atom. The fourth-order valence-electron chi connectivity index (χ4n) is 0.493. The fraction of sp³-hybridized carbons (Fsp3) is 0.167. The van der Waals surface area contributed by atoms with Crippen LogP contribution in [0.2, 0.25) is 0 Å². The van der Waals surface area contributed by atoms with Gasteiger partial charge in [0.2, 0.25) is 6.17 Å². The molecule has 0 aromatic carbocycles. The lowest BCUT2D eigenvalue weighted by atomic mass is 10.1. The first-order chi connectivity index (χ1) is 3.80. The van der Waals surface area contributed by atoms with E-state index in [1.165, 1.54) is 12.2 Å². The van der Waals surface area contributed by atoms with Crippen LogP contribution in [-0.4, -0.2) is 6.17 Å². The summed E-state index contributed by atoms with van der Waals surface area (Å²) in [5, 5.41) is 0. The minimum absolute atomic E-state index is 0.715. The summed E-state index contributed by atoms with van der Waals surface area (Å²) in [6.45, 7) is 0. The normalized spacial score (nSPS) is 29.0. The van der Waals surface area contributed by atoms with Crippen molar-refractivity contribution in [3.63, 3.8) is 0 Å². The zero-order valence-corrected chi connectivity index (χ0v) is 4.14. The number of alkyl halides is 1. The maximum Gasteiger partial charge on any atom is 0.204 e. The molecule has 0 fully saturated rings. The van der Waals surface area contributed by atoms with Gasteiger partial charge >= 0.3 is 0 Å². The van der Waals surface area contributed by atoms with Crippen LogP contribution in [0, 0.1) is 6.17 Å². The summed E-state index contributed by atoms with van der Waals surface area (Å²) in [7, 11) is 0. The van der Waals surface area contributed by atoms with Crippen LogP contribution in [-0.2, 0) is 0 Å². The van der Waals surface area contributed by atoms with Crippen molar-refractivity contribution in [2.75, 3.05) is 0 Å². The molecule has 0 aliphatic heterocycles. The summed E-state index contributed by atoms with van der Waals surface area (Å²) >= 11 is 0. The Balaban J connectivity index is 2.59. The van der Waals surface area contributed by atoms with Gasteiger partial charge in [0, 0.05) is 0 Å². The van der Waals surface area contributed by atoms with E-state index < -0.39 is 12.3 Å². The fourth-order valence-corrected chi connectivity index (χ4v) is 0.493. The second-order valence-electron chi connectivity index (χ2n) is 1.53. The summed E-state index contributed by atoms with van der Waals surface area (Å²) in [5.41, 5.74) is 0. The molecule has 1 rings (SSSR count). The van der Waals surface area contributed by atoms with Gasteiger partial charge < -0.3 is 0 Å². The number of allylic oxidation sites excluding steroid dienone is 4. The first-order valence-corrected chi connectivity index (χ1v) is 2.32. The van der Waals surface area contributed by atoms with Crippen molar-refractivity contribution in [2.45, 2.75) is 6.17 Å². The van der Waals surface area contributed by atoms with Crippen molar-refractivity contribution in [3.8, 4) is 0 Å². The zero-order chi connectivity index (χ0) is 5.98. The third-order valence-electron chi connectivity index (χ3n) is 0.910. The quantitative estimate of drug-likeness (QED) is 0.452. The van der Waals surface area contributed by atoms with Crippen LogP contribution in [0.3, 0.4) is 0 Å². The van der Waals surface area contributed by atoms with Gasteiger partial charge in [0.05, 0.1) is 0 Å². The highest BCUT2D eigenvalue weighted by atomic mass is 19.2. The Bertz CT molecular complexity index is 110. The summed E-state index contributed by atoms with van der Waals surface area (Å²) in [5.74, 6) is 0. The van der Waals surface area contributed by atoms with E-state index in [0.29, 0.717) is 0 Å². The van der Waals surface area contributed by atoms with Crippen LogP contribution in [0.5, 0.6) is 0 Å². The summed E-state index contributed by atoms with van der Waals surface area (Å²) < 4.78 is 24.0. The topological polar surface area (TPSA) is 0 Å². The van der Waals surface area contributed by atoms with Gasteiger partial charge in [-0.15, -0.1) is 0 Å². The highest BCUT2D eigenvalue weighted by Crippen LogP contribution is 2.18. The molecule has 0 N–H and O–H groups in total. The molecule has 0 saturated carbocycles. The Hall–Kier alpha value is -0.660. The second-order valence-corrected chi connectivity index (χ2v) is 1.53. The Labute approximate surface area is 46.5 Å². The van der Waals surface area contributed by atoms with Crippen molar-refractivity contribution in [2.24, 2.45) is 0 Å². The van der Waals surface area contributed by atoms with E-state index in [0.717, 1.165) is 12.2 Å². The van der Waals surface area contributed by atoms with Gasteiger partial charge in [-0.2, -0.15) is 0 Å². The number of halogens is 2. The Morgan fingerprint density at radius 2 is 2.12 bits per heavy atom. The van der Waals surface area contributed by atoms with Crippen LogP contribution in [0.1, 0.15) is 0 Å². The van der Waals surface area contributed by atoms with E-state index >= 15 is 0 Å². The SMILES string of the molecule is F[C]1C=CC=CC1F. The predicted molar refractivity (Wildman–Crippen MR) is 27.5 cm³/mol. The molecule has 0 nitrogen and oxygen atoms in total. The van der Waals surface area contributed by atoms with Gasteiger partial charge in [-0.1, -0.05) is 12.2 Å². The molecule has 1 aliphatic carbocycles. The van der Waals surface area contributed by atoms with Crippen molar-refractivity contribution < 1.29 is 8.78 Å². The third-order valence-corrected chi connectivity index (χ3v) is 0.910. The molecule has 0 aromatic rings. The summed E-state index contributed by atoms with van der Waals surface area (Å²) in [6.07, 6.45) is 2.99. The van der Waals surface area contributed by atoms with E-state index in [2.05, 4.69) is 0 Å². The largest absolute Gasteiger partial charge is 0.239 e. The highest BCUT2D eigenvalue weighted by Gasteiger charge is 2.16. The van der Waals surface area contributed by atoms with Gasteiger partial charge in [0.25, 0.3) is 0 Å². The molecule has 0 bridgehead atoms. The summed E-state index contributed by atoms with van der Waals surface area (Å²) in [6, 6.07) is 0. The first kappa shape index (κ1) is 5.48. The molecule has 0 amide bonds. The molecule has 2 heteroatoms. The van der Waals surface area contributed by atoms with E-state index in [-0.39, 0.29) is 0 Å².